The molecule has 2 N–H and O–H groups in total. The van der Waals surface area contributed by atoms with Crippen LogP contribution in [0.15, 0.2) is 85.1 Å². The Kier molecular flexibility index (Phi) is 6.03. The van der Waals surface area contributed by atoms with E-state index in [0.717, 1.165) is 33.3 Å². The van der Waals surface area contributed by atoms with Crippen molar-refractivity contribution in [2.75, 3.05) is 13.7 Å². The van der Waals surface area contributed by atoms with Gasteiger partial charge in [0.1, 0.15) is 12.3 Å². The molecule has 8 heteroatoms. The predicted molar refractivity (Wildman–Crippen MR) is 129 cm³/mol. The Balaban J connectivity index is 1.33. The predicted octanol–water partition coefficient (Wildman–Crippen LogP) is 3.78. The molecule has 170 valence electrons. The van der Waals surface area contributed by atoms with E-state index in [2.05, 4.69) is 31.8 Å². The Morgan fingerprint density at radius 2 is 1.79 bits per heavy atom. The second-order valence-corrected chi connectivity index (χ2v) is 7.93. The summed E-state index contributed by atoms with van der Waals surface area (Å²) in [7, 11) is 1.65. The molecule has 5 rings (SSSR count). The lowest BCUT2D eigenvalue weighted by Gasteiger charge is -2.18. The van der Waals surface area contributed by atoms with Crippen molar-refractivity contribution in [1.82, 2.24) is 30.5 Å². The van der Waals surface area contributed by atoms with Gasteiger partial charge < -0.3 is 15.0 Å². The van der Waals surface area contributed by atoms with Crippen LogP contribution in [-0.2, 0) is 11.3 Å². The SMILES string of the molecule is COc1ccc(C(CNC(=O)Cn2nnc(-c3ccccc3)n2)c2c[nH]c3ccccc23)cc1. The zero-order chi connectivity index (χ0) is 23.3. The highest BCUT2D eigenvalue weighted by atomic mass is 16.5. The number of nitrogens with zero attached hydrogens (tertiary/aromatic N) is 4. The van der Waals surface area contributed by atoms with E-state index in [1.54, 1.807) is 7.11 Å². The molecule has 0 spiro atoms. The zero-order valence-corrected chi connectivity index (χ0v) is 18.7. The first-order valence-corrected chi connectivity index (χ1v) is 11.0. The Hall–Kier alpha value is -4.46. The number of amides is 1. The normalized spacial score (nSPS) is 11.9. The fraction of sp³-hybridized carbons (Fsp3) is 0.154. The largest absolute Gasteiger partial charge is 0.497 e. The maximum absolute atomic E-state index is 12.8. The number of nitrogens with one attached hydrogen (secondary N) is 2. The number of aromatic nitrogens is 5. The third kappa shape index (κ3) is 4.52. The summed E-state index contributed by atoms with van der Waals surface area (Å²) in [6, 6.07) is 25.6. The molecule has 0 aliphatic rings. The first-order valence-electron chi connectivity index (χ1n) is 11.0. The Bertz CT molecular complexity index is 1390. The molecule has 0 saturated carbocycles. The van der Waals surface area contributed by atoms with Crippen LogP contribution in [0.5, 0.6) is 5.75 Å². The Labute approximate surface area is 196 Å². The Morgan fingerprint density at radius 1 is 1.03 bits per heavy atom. The van der Waals surface area contributed by atoms with Crippen molar-refractivity contribution in [3.05, 3.63) is 96.2 Å². The zero-order valence-electron chi connectivity index (χ0n) is 18.7. The lowest BCUT2D eigenvalue weighted by atomic mass is 9.91. The maximum atomic E-state index is 12.8. The van der Waals surface area contributed by atoms with Crippen LogP contribution in [0.2, 0.25) is 0 Å². The van der Waals surface area contributed by atoms with Crippen molar-refractivity contribution >= 4 is 16.8 Å². The van der Waals surface area contributed by atoms with Crippen LogP contribution in [0.3, 0.4) is 0 Å². The summed E-state index contributed by atoms with van der Waals surface area (Å²) >= 11 is 0. The lowest BCUT2D eigenvalue weighted by molar-refractivity contribution is -0.122. The van der Waals surface area contributed by atoms with E-state index in [4.69, 9.17) is 4.74 Å². The number of fused-ring (bicyclic) bond motifs is 1. The van der Waals surface area contributed by atoms with Gasteiger partial charge in [0.25, 0.3) is 0 Å². The quantitative estimate of drug-likeness (QED) is 0.373. The van der Waals surface area contributed by atoms with Crippen molar-refractivity contribution in [3.63, 3.8) is 0 Å². The summed E-state index contributed by atoms with van der Waals surface area (Å²) in [5.41, 5.74) is 4.11. The Morgan fingerprint density at radius 3 is 2.59 bits per heavy atom. The van der Waals surface area contributed by atoms with Crippen molar-refractivity contribution in [2.45, 2.75) is 12.5 Å². The van der Waals surface area contributed by atoms with Crippen LogP contribution in [0.4, 0.5) is 0 Å². The van der Waals surface area contributed by atoms with Gasteiger partial charge in [-0.05, 0) is 34.5 Å². The molecule has 1 atom stereocenters. The van der Waals surface area contributed by atoms with Gasteiger partial charge in [0.2, 0.25) is 11.7 Å². The molecule has 5 aromatic rings. The average Bonchev–Trinajstić information content (AvgIpc) is 3.53. The smallest absolute Gasteiger partial charge is 0.243 e. The molecule has 0 aliphatic heterocycles. The van der Waals surface area contributed by atoms with E-state index in [1.165, 1.54) is 4.80 Å². The summed E-state index contributed by atoms with van der Waals surface area (Å²) < 4.78 is 5.31. The molecule has 0 radical (unpaired) electrons. The summed E-state index contributed by atoms with van der Waals surface area (Å²) in [4.78, 5) is 17.4. The van der Waals surface area contributed by atoms with E-state index in [1.807, 2.05) is 79.0 Å². The molecule has 8 nitrogen and oxygen atoms in total. The van der Waals surface area contributed by atoms with E-state index < -0.39 is 0 Å². The number of hydrogen-bond donors (Lipinski definition) is 2. The van der Waals surface area contributed by atoms with Gasteiger partial charge in [0, 0.05) is 35.1 Å². The molecule has 0 bridgehead atoms. The summed E-state index contributed by atoms with van der Waals surface area (Å²) in [5, 5.41) is 16.6. The van der Waals surface area contributed by atoms with Crippen molar-refractivity contribution in [3.8, 4) is 17.1 Å². The van der Waals surface area contributed by atoms with Gasteiger partial charge in [-0.1, -0.05) is 60.7 Å². The summed E-state index contributed by atoms with van der Waals surface area (Å²) in [5.74, 6) is 1.05. The molecular weight excluding hydrogens is 428 g/mol. The molecule has 3 aromatic carbocycles. The number of hydrogen-bond acceptors (Lipinski definition) is 5. The minimum absolute atomic E-state index is 0.0109. The van der Waals surface area contributed by atoms with Crippen LogP contribution in [0, 0.1) is 0 Å². The van der Waals surface area contributed by atoms with Gasteiger partial charge in [0.15, 0.2) is 0 Å². The maximum Gasteiger partial charge on any atom is 0.243 e. The lowest BCUT2D eigenvalue weighted by Crippen LogP contribution is -2.32. The topological polar surface area (TPSA) is 97.7 Å². The number of rotatable bonds is 8. The molecule has 2 heterocycles. The number of methoxy groups -OCH3 is 1. The number of aromatic amines is 1. The van der Waals surface area contributed by atoms with E-state index >= 15 is 0 Å². The monoisotopic (exact) mass is 452 g/mol. The van der Waals surface area contributed by atoms with Crippen LogP contribution in [-0.4, -0.2) is 44.8 Å². The highest BCUT2D eigenvalue weighted by molar-refractivity contribution is 5.84. The molecule has 0 aliphatic carbocycles. The van der Waals surface area contributed by atoms with E-state index in [9.17, 15) is 4.79 Å². The van der Waals surface area contributed by atoms with Gasteiger partial charge in [-0.3, -0.25) is 4.79 Å². The standard InChI is InChI=1S/C26H24N6O2/c1-34-20-13-11-18(12-14-20)22(23-16-27-24-10-6-5-9-21(23)24)15-28-25(33)17-32-30-26(29-31-32)19-7-3-2-4-8-19/h2-14,16,22,27H,15,17H2,1H3,(H,28,33). The van der Waals surface area contributed by atoms with Gasteiger partial charge in [0.05, 0.1) is 7.11 Å². The number of tetrazole rings is 1. The number of H-pyrrole nitrogens is 1. The highest BCUT2D eigenvalue weighted by Crippen LogP contribution is 2.31. The first kappa shape index (κ1) is 21.4. The molecule has 0 saturated heterocycles. The third-order valence-electron chi connectivity index (χ3n) is 5.79. The molecule has 34 heavy (non-hydrogen) atoms. The van der Waals surface area contributed by atoms with Gasteiger partial charge in [-0.25, -0.2) is 0 Å². The van der Waals surface area contributed by atoms with Gasteiger partial charge in [-0.2, -0.15) is 4.80 Å². The molecule has 0 fully saturated rings. The highest BCUT2D eigenvalue weighted by Gasteiger charge is 2.20. The van der Waals surface area contributed by atoms with Crippen molar-refractivity contribution in [2.24, 2.45) is 0 Å². The first-order chi connectivity index (χ1) is 16.7. The summed E-state index contributed by atoms with van der Waals surface area (Å²) in [6.45, 7) is 0.413. The van der Waals surface area contributed by atoms with Crippen LogP contribution >= 0.6 is 0 Å². The fourth-order valence-corrected chi connectivity index (χ4v) is 4.04. The molecule has 2 aromatic heterocycles. The minimum Gasteiger partial charge on any atom is -0.497 e. The molecule has 1 unspecified atom stereocenters. The van der Waals surface area contributed by atoms with Crippen LogP contribution in [0.25, 0.3) is 22.3 Å². The molecule has 1 amide bonds. The number of para-hydroxylation sites is 1. The average molecular weight is 453 g/mol. The molecular formula is C26H24N6O2. The number of carbonyl (C=O) groups is 1. The number of carbonyl (C=O) groups excluding carboxylic acids is 1. The second-order valence-electron chi connectivity index (χ2n) is 7.93. The minimum atomic E-state index is -0.185. The van der Waals surface area contributed by atoms with E-state index in [-0.39, 0.29) is 18.4 Å². The van der Waals surface area contributed by atoms with E-state index in [0.29, 0.717) is 12.4 Å². The summed E-state index contributed by atoms with van der Waals surface area (Å²) in [6.07, 6.45) is 2.01. The number of benzene rings is 3. The number of ether oxygens (including phenoxy) is 1. The van der Waals surface area contributed by atoms with Gasteiger partial charge >= 0.3 is 0 Å². The second kappa shape index (κ2) is 9.58. The third-order valence-corrected chi connectivity index (χ3v) is 5.79. The fourth-order valence-electron chi connectivity index (χ4n) is 4.04. The van der Waals surface area contributed by atoms with Gasteiger partial charge in [-0.15, -0.1) is 10.2 Å². The van der Waals surface area contributed by atoms with Crippen molar-refractivity contribution in [1.29, 1.82) is 0 Å². The van der Waals surface area contributed by atoms with Crippen LogP contribution < -0.4 is 10.1 Å². The van der Waals surface area contributed by atoms with Crippen molar-refractivity contribution < 1.29 is 9.53 Å². The van der Waals surface area contributed by atoms with Crippen LogP contribution in [0.1, 0.15) is 17.0 Å².